The number of pyridine rings is 2. The normalized spacial score (nSPS) is 23.5. The summed E-state index contributed by atoms with van der Waals surface area (Å²) in [4.78, 5) is 22.9. The van der Waals surface area contributed by atoms with Crippen molar-refractivity contribution in [3.8, 4) is 0 Å². The predicted octanol–water partition coefficient (Wildman–Crippen LogP) is 3.00. The molecule has 2 aliphatic rings. The van der Waals surface area contributed by atoms with Crippen molar-refractivity contribution < 1.29 is 4.79 Å². The lowest BCUT2D eigenvalue weighted by atomic mass is 10.1. The highest BCUT2D eigenvalue weighted by molar-refractivity contribution is 5.91. The van der Waals surface area contributed by atoms with Crippen LogP contribution in [0, 0.1) is 31.6 Å². The van der Waals surface area contributed by atoms with E-state index in [-0.39, 0.29) is 5.91 Å². The third kappa shape index (κ3) is 4.18. The first-order valence-corrected chi connectivity index (χ1v) is 9.66. The number of nitrogens with zero attached hydrogens (tertiary/aromatic N) is 3. The van der Waals surface area contributed by atoms with Crippen molar-refractivity contribution in [2.45, 2.75) is 20.3 Å². The fourth-order valence-corrected chi connectivity index (χ4v) is 4.35. The van der Waals surface area contributed by atoms with Gasteiger partial charge in [0.1, 0.15) is 0 Å². The number of aryl methyl sites for hydroxylation is 2. The molecule has 1 saturated heterocycles. The van der Waals surface area contributed by atoms with Crippen LogP contribution in [0.3, 0.4) is 0 Å². The van der Waals surface area contributed by atoms with Crippen molar-refractivity contribution >= 4 is 17.7 Å². The Labute approximate surface area is 160 Å². The zero-order valence-electron chi connectivity index (χ0n) is 15.9. The third-order valence-corrected chi connectivity index (χ3v) is 5.69. The molecule has 0 spiro atoms. The van der Waals surface area contributed by atoms with Gasteiger partial charge in [0.25, 0.3) is 0 Å². The minimum atomic E-state index is -0.0333. The van der Waals surface area contributed by atoms with Gasteiger partial charge >= 0.3 is 0 Å². The lowest BCUT2D eigenvalue weighted by Gasteiger charge is -2.22. The standard InChI is InChI=1S/C22H26N4O/c1-15-10-18(11-16(2)25-15)26-13-20-19(21(20)14-26)7-9-24-22(27)6-5-17-4-3-8-23-12-17/h3-6,8,10-12,19-21H,7,9,13-14H2,1-2H3,(H,24,27)/b6-5+/t19?,20-,21+. The zero-order valence-corrected chi connectivity index (χ0v) is 15.9. The van der Waals surface area contributed by atoms with Crippen LogP contribution in [0.15, 0.2) is 42.7 Å². The first-order chi connectivity index (χ1) is 13.1. The van der Waals surface area contributed by atoms with Gasteiger partial charge in [-0.1, -0.05) is 6.07 Å². The second-order valence-electron chi connectivity index (χ2n) is 7.70. The molecule has 4 rings (SSSR count). The first-order valence-electron chi connectivity index (χ1n) is 9.66. The molecule has 2 aromatic heterocycles. The Morgan fingerprint density at radius 3 is 2.67 bits per heavy atom. The molecule has 1 aliphatic heterocycles. The summed E-state index contributed by atoms with van der Waals surface area (Å²) in [7, 11) is 0. The molecule has 1 N–H and O–H groups in total. The number of hydrogen-bond donors (Lipinski definition) is 1. The third-order valence-electron chi connectivity index (χ3n) is 5.69. The van der Waals surface area contributed by atoms with Gasteiger partial charge in [-0.15, -0.1) is 0 Å². The number of carbonyl (C=O) groups excluding carboxylic acids is 1. The molecule has 5 heteroatoms. The number of rotatable bonds is 6. The number of amides is 1. The average Bonchev–Trinajstić information content (AvgIpc) is 3.10. The van der Waals surface area contributed by atoms with E-state index < -0.39 is 0 Å². The maximum atomic E-state index is 11.9. The van der Waals surface area contributed by atoms with Crippen molar-refractivity contribution in [1.29, 1.82) is 0 Å². The summed E-state index contributed by atoms with van der Waals surface area (Å²) in [6.07, 6.45) is 7.92. The molecule has 0 bridgehead atoms. The van der Waals surface area contributed by atoms with Gasteiger partial charge in [0.15, 0.2) is 0 Å². The van der Waals surface area contributed by atoms with E-state index in [0.717, 1.165) is 60.8 Å². The fourth-order valence-electron chi connectivity index (χ4n) is 4.35. The highest BCUT2D eigenvalue weighted by Gasteiger charge is 2.54. The molecule has 1 amide bonds. The van der Waals surface area contributed by atoms with E-state index >= 15 is 0 Å². The summed E-state index contributed by atoms with van der Waals surface area (Å²) in [6, 6.07) is 8.16. The second-order valence-corrected chi connectivity index (χ2v) is 7.70. The smallest absolute Gasteiger partial charge is 0.244 e. The van der Waals surface area contributed by atoms with E-state index in [1.54, 1.807) is 24.5 Å². The van der Waals surface area contributed by atoms with Crippen LogP contribution in [0.2, 0.25) is 0 Å². The van der Waals surface area contributed by atoms with Crippen LogP contribution in [0.1, 0.15) is 23.4 Å². The lowest BCUT2D eigenvalue weighted by molar-refractivity contribution is -0.116. The topological polar surface area (TPSA) is 58.1 Å². The molecule has 0 radical (unpaired) electrons. The van der Waals surface area contributed by atoms with Crippen LogP contribution in [0.5, 0.6) is 0 Å². The van der Waals surface area contributed by atoms with Crippen molar-refractivity contribution in [3.05, 3.63) is 59.7 Å². The Hall–Kier alpha value is -2.69. The zero-order chi connectivity index (χ0) is 18.8. The average molecular weight is 362 g/mol. The largest absolute Gasteiger partial charge is 0.371 e. The van der Waals surface area contributed by atoms with Gasteiger partial charge < -0.3 is 10.2 Å². The summed E-state index contributed by atoms with van der Waals surface area (Å²) in [5.74, 6) is 2.28. The molecular formula is C22H26N4O. The minimum Gasteiger partial charge on any atom is -0.371 e. The van der Waals surface area contributed by atoms with Gasteiger partial charge in [-0.05, 0) is 67.9 Å². The van der Waals surface area contributed by atoms with Crippen molar-refractivity contribution in [1.82, 2.24) is 15.3 Å². The molecule has 1 unspecified atom stereocenters. The van der Waals surface area contributed by atoms with E-state index in [1.165, 1.54) is 5.69 Å². The van der Waals surface area contributed by atoms with Crippen LogP contribution < -0.4 is 10.2 Å². The van der Waals surface area contributed by atoms with Crippen molar-refractivity contribution in [2.24, 2.45) is 17.8 Å². The number of nitrogens with one attached hydrogen (secondary N) is 1. The van der Waals surface area contributed by atoms with Crippen LogP contribution in [0.4, 0.5) is 5.69 Å². The summed E-state index contributed by atoms with van der Waals surface area (Å²) in [5, 5.41) is 3.00. The Morgan fingerprint density at radius 1 is 1.26 bits per heavy atom. The molecule has 27 heavy (non-hydrogen) atoms. The SMILES string of the molecule is Cc1cc(N2C[C@@H]3C(CCNC(=O)/C=C/c4cccnc4)[C@@H]3C2)cc(C)n1. The van der Waals surface area contributed by atoms with Crippen LogP contribution in [-0.4, -0.2) is 35.5 Å². The summed E-state index contributed by atoms with van der Waals surface area (Å²) < 4.78 is 0. The number of aromatic nitrogens is 2. The molecule has 5 nitrogen and oxygen atoms in total. The van der Waals surface area contributed by atoms with E-state index in [4.69, 9.17) is 0 Å². The second kappa shape index (κ2) is 7.51. The lowest BCUT2D eigenvalue weighted by Crippen LogP contribution is -2.26. The van der Waals surface area contributed by atoms with Gasteiger partial charge in [0.2, 0.25) is 5.91 Å². The molecule has 0 aromatic carbocycles. The first kappa shape index (κ1) is 17.7. The molecule has 140 valence electrons. The van der Waals surface area contributed by atoms with E-state index in [2.05, 4.69) is 46.2 Å². The van der Waals surface area contributed by atoms with Crippen molar-refractivity contribution in [2.75, 3.05) is 24.5 Å². The summed E-state index contributed by atoms with van der Waals surface area (Å²) in [6.45, 7) is 7.13. The maximum absolute atomic E-state index is 11.9. The number of fused-ring (bicyclic) bond motifs is 1. The fraction of sp³-hybridized carbons (Fsp3) is 0.409. The van der Waals surface area contributed by atoms with Crippen molar-refractivity contribution in [3.63, 3.8) is 0 Å². The Morgan fingerprint density at radius 2 is 2.00 bits per heavy atom. The van der Waals surface area contributed by atoms with Gasteiger partial charge in [-0.2, -0.15) is 0 Å². The highest BCUT2D eigenvalue weighted by Crippen LogP contribution is 2.54. The van der Waals surface area contributed by atoms with Gasteiger partial charge in [0.05, 0.1) is 0 Å². The molecule has 3 heterocycles. The Kier molecular flexibility index (Phi) is 4.92. The molecule has 1 aliphatic carbocycles. The van der Waals surface area contributed by atoms with E-state index in [9.17, 15) is 4.79 Å². The number of piperidine rings is 1. The molecule has 2 aromatic rings. The summed E-state index contributed by atoms with van der Waals surface area (Å²) >= 11 is 0. The van der Waals surface area contributed by atoms with Gasteiger partial charge in [-0.25, -0.2) is 0 Å². The maximum Gasteiger partial charge on any atom is 0.244 e. The Balaban J connectivity index is 1.19. The van der Waals surface area contributed by atoms with Crippen LogP contribution in [-0.2, 0) is 4.79 Å². The predicted molar refractivity (Wildman–Crippen MR) is 107 cm³/mol. The van der Waals surface area contributed by atoms with Gasteiger partial charge in [0, 0.05) is 55.2 Å². The number of hydrogen-bond acceptors (Lipinski definition) is 4. The summed E-state index contributed by atoms with van der Waals surface area (Å²) in [5.41, 5.74) is 4.42. The number of carbonyl (C=O) groups is 1. The minimum absolute atomic E-state index is 0.0333. The number of anilines is 1. The van der Waals surface area contributed by atoms with Crippen LogP contribution >= 0.6 is 0 Å². The molecule has 3 atom stereocenters. The molecule has 2 fully saturated rings. The van der Waals surface area contributed by atoms with Crippen LogP contribution in [0.25, 0.3) is 6.08 Å². The van der Waals surface area contributed by atoms with Gasteiger partial charge in [-0.3, -0.25) is 14.8 Å². The van der Waals surface area contributed by atoms with E-state index in [0.29, 0.717) is 0 Å². The molecular weight excluding hydrogens is 336 g/mol. The Bertz CT molecular complexity index is 816. The monoisotopic (exact) mass is 362 g/mol. The quantitative estimate of drug-likeness (QED) is 0.803. The van der Waals surface area contributed by atoms with E-state index in [1.807, 2.05) is 12.1 Å². The highest BCUT2D eigenvalue weighted by atomic mass is 16.1. The molecule has 1 saturated carbocycles.